The molecule has 2 aromatic carbocycles. The lowest BCUT2D eigenvalue weighted by atomic mass is 10.1. The van der Waals surface area contributed by atoms with E-state index in [4.69, 9.17) is 0 Å². The van der Waals surface area contributed by atoms with Gasteiger partial charge in [0.1, 0.15) is 6.17 Å². The fourth-order valence-electron chi connectivity index (χ4n) is 3.54. The first-order valence-electron chi connectivity index (χ1n) is 9.27. The quantitative estimate of drug-likeness (QED) is 0.550. The average Bonchev–Trinajstić information content (AvgIpc) is 3.14. The van der Waals surface area contributed by atoms with Crippen LogP contribution in [-0.2, 0) is 10.0 Å². The van der Waals surface area contributed by atoms with Gasteiger partial charge in [-0.2, -0.15) is 4.31 Å². The van der Waals surface area contributed by atoms with E-state index >= 15 is 0 Å². The standard InChI is InChI=1S/C20H23N3O5S/c1-14(2)19-21(20(24)16-6-8-17(9-7-16)23(25)26)12-13-22(19)29(27,28)18-10-4-15(3)5-11-18/h4-11,14,19H,12-13H2,1-3H3/t19-/m0/s1. The van der Waals surface area contributed by atoms with Crippen LogP contribution in [-0.4, -0.2) is 47.7 Å². The van der Waals surface area contributed by atoms with Gasteiger partial charge in [0.25, 0.3) is 11.6 Å². The number of carbonyl (C=O) groups is 1. The summed E-state index contributed by atoms with van der Waals surface area (Å²) in [5, 5.41) is 10.8. The number of hydrogen-bond acceptors (Lipinski definition) is 5. The van der Waals surface area contributed by atoms with Gasteiger partial charge in [0, 0.05) is 30.8 Å². The summed E-state index contributed by atoms with van der Waals surface area (Å²) in [4.78, 5) is 25.0. The average molecular weight is 417 g/mol. The van der Waals surface area contributed by atoms with Crippen molar-refractivity contribution in [1.82, 2.24) is 9.21 Å². The number of sulfonamides is 1. The second-order valence-corrected chi connectivity index (χ2v) is 9.28. The number of rotatable bonds is 5. The molecular weight excluding hydrogens is 394 g/mol. The van der Waals surface area contributed by atoms with Crippen LogP contribution in [0, 0.1) is 23.0 Å². The van der Waals surface area contributed by atoms with Crippen LogP contribution in [0.4, 0.5) is 5.69 Å². The molecule has 1 aliphatic rings. The molecule has 29 heavy (non-hydrogen) atoms. The van der Waals surface area contributed by atoms with Crippen LogP contribution in [0.5, 0.6) is 0 Å². The molecule has 154 valence electrons. The molecule has 8 nitrogen and oxygen atoms in total. The van der Waals surface area contributed by atoms with Crippen LogP contribution in [0.15, 0.2) is 53.4 Å². The van der Waals surface area contributed by atoms with Crippen LogP contribution >= 0.6 is 0 Å². The molecule has 0 spiro atoms. The molecule has 1 aliphatic heterocycles. The predicted octanol–water partition coefficient (Wildman–Crippen LogP) is 3.03. The first-order valence-corrected chi connectivity index (χ1v) is 10.7. The van der Waals surface area contributed by atoms with Gasteiger partial charge in [0.15, 0.2) is 0 Å². The minimum absolute atomic E-state index is 0.105. The molecule has 0 unspecified atom stereocenters. The van der Waals surface area contributed by atoms with E-state index in [9.17, 15) is 23.3 Å². The summed E-state index contributed by atoms with van der Waals surface area (Å²) in [7, 11) is -3.77. The van der Waals surface area contributed by atoms with Crippen LogP contribution in [0.3, 0.4) is 0 Å². The minimum atomic E-state index is -3.77. The third kappa shape index (κ3) is 4.01. The van der Waals surface area contributed by atoms with Crippen molar-refractivity contribution in [3.63, 3.8) is 0 Å². The number of carbonyl (C=O) groups excluding carboxylic acids is 1. The third-order valence-corrected chi connectivity index (χ3v) is 6.87. The van der Waals surface area contributed by atoms with Crippen LogP contribution in [0.1, 0.15) is 29.8 Å². The topological polar surface area (TPSA) is 101 Å². The van der Waals surface area contributed by atoms with Crippen LogP contribution in [0.25, 0.3) is 0 Å². The van der Waals surface area contributed by atoms with Crippen LogP contribution in [0.2, 0.25) is 0 Å². The maximum absolute atomic E-state index is 13.2. The molecule has 1 atom stereocenters. The lowest BCUT2D eigenvalue weighted by Gasteiger charge is -2.32. The first kappa shape index (κ1) is 20.9. The lowest BCUT2D eigenvalue weighted by Crippen LogP contribution is -2.47. The first-order chi connectivity index (χ1) is 13.6. The number of nitrogens with zero attached hydrogens (tertiary/aromatic N) is 3. The molecule has 0 N–H and O–H groups in total. The minimum Gasteiger partial charge on any atom is -0.320 e. The molecule has 1 saturated heterocycles. The molecule has 1 amide bonds. The van der Waals surface area contributed by atoms with E-state index in [1.165, 1.54) is 33.5 Å². The molecule has 0 aromatic heterocycles. The van der Waals surface area contributed by atoms with E-state index in [1.54, 1.807) is 24.3 Å². The van der Waals surface area contributed by atoms with E-state index in [0.29, 0.717) is 0 Å². The Bertz CT molecular complexity index is 1020. The summed E-state index contributed by atoms with van der Waals surface area (Å²) in [6.07, 6.45) is -0.635. The Kier molecular flexibility index (Phi) is 5.72. The van der Waals surface area contributed by atoms with Gasteiger partial charge in [0.2, 0.25) is 10.0 Å². The molecule has 0 bridgehead atoms. The Morgan fingerprint density at radius 3 is 2.17 bits per heavy atom. The monoisotopic (exact) mass is 417 g/mol. The zero-order valence-corrected chi connectivity index (χ0v) is 17.3. The molecule has 3 rings (SSSR count). The molecular formula is C20H23N3O5S. The second-order valence-electron chi connectivity index (χ2n) is 7.39. The maximum Gasteiger partial charge on any atom is 0.269 e. The van der Waals surface area contributed by atoms with Crippen molar-refractivity contribution in [2.75, 3.05) is 13.1 Å². The predicted molar refractivity (Wildman–Crippen MR) is 108 cm³/mol. The zero-order chi connectivity index (χ0) is 21.3. The highest BCUT2D eigenvalue weighted by Crippen LogP contribution is 2.30. The van der Waals surface area contributed by atoms with Crippen molar-refractivity contribution in [2.45, 2.75) is 31.8 Å². The Labute approximate surface area is 169 Å². The van der Waals surface area contributed by atoms with Gasteiger partial charge in [0.05, 0.1) is 9.82 Å². The van der Waals surface area contributed by atoms with E-state index in [0.717, 1.165) is 5.56 Å². The normalized spacial score (nSPS) is 17.7. The highest BCUT2D eigenvalue weighted by Gasteiger charge is 2.44. The number of hydrogen-bond donors (Lipinski definition) is 0. The molecule has 0 radical (unpaired) electrons. The molecule has 1 fully saturated rings. The highest BCUT2D eigenvalue weighted by molar-refractivity contribution is 7.89. The number of non-ortho nitro benzene ring substituents is 1. The van der Waals surface area contributed by atoms with Crippen molar-refractivity contribution >= 4 is 21.6 Å². The Hall–Kier alpha value is -2.78. The van der Waals surface area contributed by atoms with Crippen molar-refractivity contribution in [3.8, 4) is 0 Å². The molecule has 0 saturated carbocycles. The molecule has 0 aliphatic carbocycles. The largest absolute Gasteiger partial charge is 0.320 e. The number of nitro benzene ring substituents is 1. The molecule has 2 aromatic rings. The van der Waals surface area contributed by atoms with Gasteiger partial charge in [-0.25, -0.2) is 8.42 Å². The van der Waals surface area contributed by atoms with E-state index < -0.39 is 21.1 Å². The second kappa shape index (κ2) is 7.92. The number of benzene rings is 2. The zero-order valence-electron chi connectivity index (χ0n) is 16.5. The number of nitro groups is 1. The van der Waals surface area contributed by atoms with Gasteiger partial charge in [-0.1, -0.05) is 31.5 Å². The van der Waals surface area contributed by atoms with Gasteiger partial charge in [-0.05, 0) is 37.1 Å². The third-order valence-electron chi connectivity index (χ3n) is 4.99. The summed E-state index contributed by atoms with van der Waals surface area (Å²) >= 11 is 0. The van der Waals surface area contributed by atoms with Crippen molar-refractivity contribution in [2.24, 2.45) is 5.92 Å². The summed E-state index contributed by atoms with van der Waals surface area (Å²) in [5.41, 5.74) is 1.14. The summed E-state index contributed by atoms with van der Waals surface area (Å²) in [5.74, 6) is -0.486. The lowest BCUT2D eigenvalue weighted by molar-refractivity contribution is -0.384. The Morgan fingerprint density at radius 2 is 1.66 bits per heavy atom. The van der Waals surface area contributed by atoms with Crippen molar-refractivity contribution in [1.29, 1.82) is 0 Å². The van der Waals surface area contributed by atoms with Crippen molar-refractivity contribution in [3.05, 3.63) is 69.8 Å². The van der Waals surface area contributed by atoms with Crippen molar-refractivity contribution < 1.29 is 18.1 Å². The molecule has 1 heterocycles. The maximum atomic E-state index is 13.2. The highest BCUT2D eigenvalue weighted by atomic mass is 32.2. The van der Waals surface area contributed by atoms with Gasteiger partial charge in [-0.15, -0.1) is 0 Å². The SMILES string of the molecule is Cc1ccc(S(=O)(=O)N2CCN(C(=O)c3ccc([N+](=O)[O-])cc3)[C@@H]2C(C)C)cc1. The fraction of sp³-hybridized carbons (Fsp3) is 0.350. The fourth-order valence-corrected chi connectivity index (χ4v) is 5.25. The van der Waals surface area contributed by atoms with Gasteiger partial charge >= 0.3 is 0 Å². The van der Waals surface area contributed by atoms with Crippen LogP contribution < -0.4 is 0 Å². The number of aryl methyl sites for hydroxylation is 1. The summed E-state index contributed by atoms with van der Waals surface area (Å²) in [6.45, 7) is 6.06. The Balaban J connectivity index is 1.91. The smallest absolute Gasteiger partial charge is 0.269 e. The van der Waals surface area contributed by atoms with Gasteiger partial charge in [-0.3, -0.25) is 14.9 Å². The Morgan fingerprint density at radius 1 is 1.07 bits per heavy atom. The molecule has 9 heteroatoms. The van der Waals surface area contributed by atoms with E-state index in [1.807, 2.05) is 20.8 Å². The van der Waals surface area contributed by atoms with E-state index in [2.05, 4.69) is 0 Å². The number of amides is 1. The summed E-state index contributed by atoms with van der Waals surface area (Å²) < 4.78 is 27.8. The summed E-state index contributed by atoms with van der Waals surface area (Å²) in [6, 6.07) is 12.0. The van der Waals surface area contributed by atoms with E-state index in [-0.39, 0.29) is 41.1 Å². The van der Waals surface area contributed by atoms with Gasteiger partial charge < -0.3 is 4.90 Å².